The zero-order chi connectivity index (χ0) is 22.6. The molecule has 0 fully saturated rings. The van der Waals surface area contributed by atoms with Crippen molar-refractivity contribution in [2.24, 2.45) is 5.41 Å². The Bertz CT molecular complexity index is 971. The lowest BCUT2D eigenvalue weighted by Crippen LogP contribution is -2.18. The Labute approximate surface area is 183 Å². The standard InChI is InChI=1S/C25H30O6/c1-25(2,3)15-22(27)30-12-13-31-23-19(9-11-21(28-4)24(23)29-5)17-6-8-18-16(14-17)7-10-20(18)26/h6,8-9,11,14H,7,10,12-13,15H2,1-5H3. The molecule has 0 aromatic heterocycles. The molecule has 0 N–H and O–H groups in total. The van der Waals surface area contributed by atoms with Crippen LogP contribution in [-0.4, -0.2) is 39.2 Å². The van der Waals surface area contributed by atoms with Gasteiger partial charge < -0.3 is 18.9 Å². The number of methoxy groups -OCH3 is 2. The molecule has 2 aromatic rings. The summed E-state index contributed by atoms with van der Waals surface area (Å²) in [6.07, 6.45) is 1.64. The fourth-order valence-electron chi connectivity index (χ4n) is 3.68. The van der Waals surface area contributed by atoms with Crippen LogP contribution in [0.2, 0.25) is 0 Å². The number of carbonyl (C=O) groups excluding carboxylic acids is 2. The van der Waals surface area contributed by atoms with Crippen molar-refractivity contribution in [1.29, 1.82) is 0 Å². The Morgan fingerprint density at radius 2 is 1.68 bits per heavy atom. The SMILES string of the molecule is COc1ccc(-c2ccc3c(c2)CCC3=O)c(OCCOC(=O)CC(C)(C)C)c1OC. The van der Waals surface area contributed by atoms with Gasteiger partial charge in [-0.3, -0.25) is 9.59 Å². The number of carbonyl (C=O) groups is 2. The molecule has 3 rings (SSSR count). The van der Waals surface area contributed by atoms with Crippen LogP contribution in [0, 0.1) is 5.41 Å². The maximum absolute atomic E-state index is 12.0. The summed E-state index contributed by atoms with van der Waals surface area (Å²) in [6.45, 7) is 6.27. The molecule has 31 heavy (non-hydrogen) atoms. The van der Waals surface area contributed by atoms with Crippen LogP contribution in [0.4, 0.5) is 0 Å². The van der Waals surface area contributed by atoms with Gasteiger partial charge in [0.05, 0.1) is 20.6 Å². The van der Waals surface area contributed by atoms with Crippen LogP contribution in [0.1, 0.15) is 49.5 Å². The number of hydrogen-bond acceptors (Lipinski definition) is 6. The highest BCUT2D eigenvalue weighted by molar-refractivity contribution is 6.01. The first-order chi connectivity index (χ1) is 14.7. The first kappa shape index (κ1) is 22.7. The number of ketones is 1. The quantitative estimate of drug-likeness (QED) is 0.444. The number of aryl methyl sites for hydroxylation is 1. The second-order valence-corrected chi connectivity index (χ2v) is 8.78. The molecule has 0 amide bonds. The van der Waals surface area contributed by atoms with Gasteiger partial charge in [0, 0.05) is 17.5 Å². The third-order valence-corrected chi connectivity index (χ3v) is 5.11. The summed E-state index contributed by atoms with van der Waals surface area (Å²) in [7, 11) is 3.12. The van der Waals surface area contributed by atoms with E-state index in [1.54, 1.807) is 14.2 Å². The zero-order valence-electron chi connectivity index (χ0n) is 18.9. The van der Waals surface area contributed by atoms with Gasteiger partial charge in [0.25, 0.3) is 0 Å². The number of esters is 1. The van der Waals surface area contributed by atoms with Gasteiger partial charge in [0.1, 0.15) is 13.2 Å². The molecule has 0 atom stereocenters. The van der Waals surface area contributed by atoms with Crippen molar-refractivity contribution in [3.05, 3.63) is 41.5 Å². The van der Waals surface area contributed by atoms with E-state index in [1.165, 1.54) is 0 Å². The highest BCUT2D eigenvalue weighted by Gasteiger charge is 2.23. The molecule has 0 saturated heterocycles. The fraction of sp³-hybridized carbons (Fsp3) is 0.440. The summed E-state index contributed by atoms with van der Waals surface area (Å²) in [5, 5.41) is 0. The average Bonchev–Trinajstić information content (AvgIpc) is 3.09. The van der Waals surface area contributed by atoms with Crippen molar-refractivity contribution >= 4 is 11.8 Å². The van der Waals surface area contributed by atoms with Crippen molar-refractivity contribution < 1.29 is 28.5 Å². The lowest BCUT2D eigenvalue weighted by Gasteiger charge is -2.19. The fourth-order valence-corrected chi connectivity index (χ4v) is 3.68. The number of rotatable bonds is 8. The van der Waals surface area contributed by atoms with Crippen LogP contribution in [0.15, 0.2) is 30.3 Å². The van der Waals surface area contributed by atoms with Gasteiger partial charge in [-0.15, -0.1) is 0 Å². The maximum atomic E-state index is 12.0. The van der Waals surface area contributed by atoms with Crippen molar-refractivity contribution in [1.82, 2.24) is 0 Å². The van der Waals surface area contributed by atoms with Gasteiger partial charge >= 0.3 is 5.97 Å². The van der Waals surface area contributed by atoms with E-state index in [1.807, 2.05) is 51.1 Å². The van der Waals surface area contributed by atoms with Gasteiger partial charge in [0.15, 0.2) is 17.3 Å². The first-order valence-electron chi connectivity index (χ1n) is 10.4. The highest BCUT2D eigenvalue weighted by atomic mass is 16.6. The lowest BCUT2D eigenvalue weighted by molar-refractivity contribution is -0.146. The smallest absolute Gasteiger partial charge is 0.306 e. The molecule has 1 aliphatic rings. The van der Waals surface area contributed by atoms with Crippen molar-refractivity contribution in [3.8, 4) is 28.4 Å². The molecule has 0 aliphatic heterocycles. The summed E-state index contributed by atoms with van der Waals surface area (Å²) >= 11 is 0. The molecule has 0 heterocycles. The molecule has 0 unspecified atom stereocenters. The van der Waals surface area contributed by atoms with Crippen LogP contribution in [-0.2, 0) is 16.0 Å². The van der Waals surface area contributed by atoms with Gasteiger partial charge in [0.2, 0.25) is 5.75 Å². The van der Waals surface area contributed by atoms with E-state index in [-0.39, 0.29) is 30.4 Å². The van der Waals surface area contributed by atoms with E-state index in [2.05, 4.69) is 0 Å². The van der Waals surface area contributed by atoms with E-state index >= 15 is 0 Å². The molecule has 0 spiro atoms. The maximum Gasteiger partial charge on any atom is 0.306 e. The number of ether oxygens (including phenoxy) is 4. The minimum atomic E-state index is -0.253. The lowest BCUT2D eigenvalue weighted by atomic mass is 9.93. The predicted octanol–water partition coefficient (Wildman–Crippen LogP) is 4.86. The van der Waals surface area contributed by atoms with Crippen molar-refractivity contribution in [3.63, 3.8) is 0 Å². The summed E-state index contributed by atoms with van der Waals surface area (Å²) in [5.74, 6) is 1.46. The number of fused-ring (bicyclic) bond motifs is 1. The van der Waals surface area contributed by atoms with Crippen molar-refractivity contribution in [2.75, 3.05) is 27.4 Å². The third kappa shape index (κ3) is 5.37. The number of benzene rings is 2. The monoisotopic (exact) mass is 426 g/mol. The van der Waals surface area contributed by atoms with Crippen molar-refractivity contribution in [2.45, 2.75) is 40.0 Å². The van der Waals surface area contributed by atoms with E-state index in [4.69, 9.17) is 18.9 Å². The summed E-state index contributed by atoms with van der Waals surface area (Å²) in [4.78, 5) is 23.9. The molecule has 166 valence electrons. The van der Waals surface area contributed by atoms with E-state index in [0.717, 1.165) is 28.7 Å². The zero-order valence-corrected chi connectivity index (χ0v) is 18.9. The van der Waals surface area contributed by atoms with E-state index in [0.29, 0.717) is 30.1 Å². The number of Topliss-reactive ketones (excluding diaryl/α,β-unsaturated/α-hetero) is 1. The molecule has 6 nitrogen and oxygen atoms in total. The van der Waals surface area contributed by atoms with Crippen LogP contribution in [0.3, 0.4) is 0 Å². The van der Waals surface area contributed by atoms with Gasteiger partial charge in [-0.2, -0.15) is 0 Å². The van der Waals surface area contributed by atoms with Gasteiger partial charge in [-0.25, -0.2) is 0 Å². The second kappa shape index (κ2) is 9.41. The van der Waals surface area contributed by atoms with Gasteiger partial charge in [-0.05, 0) is 35.1 Å². The topological polar surface area (TPSA) is 71.1 Å². The molecule has 0 radical (unpaired) electrons. The Morgan fingerprint density at radius 1 is 0.935 bits per heavy atom. The Kier molecular flexibility index (Phi) is 6.88. The molecule has 1 aliphatic carbocycles. The molecular formula is C25H30O6. The molecule has 6 heteroatoms. The predicted molar refractivity (Wildman–Crippen MR) is 118 cm³/mol. The highest BCUT2D eigenvalue weighted by Crippen LogP contribution is 2.45. The summed E-state index contributed by atoms with van der Waals surface area (Å²) in [5.41, 5.74) is 3.45. The molecule has 0 bridgehead atoms. The van der Waals surface area contributed by atoms with Gasteiger partial charge in [-0.1, -0.05) is 39.0 Å². The first-order valence-corrected chi connectivity index (χ1v) is 10.4. The Hall–Kier alpha value is -3.02. The average molecular weight is 427 g/mol. The number of hydrogen-bond donors (Lipinski definition) is 0. The minimum Gasteiger partial charge on any atom is -0.493 e. The van der Waals surface area contributed by atoms with Crippen LogP contribution in [0.5, 0.6) is 17.2 Å². The summed E-state index contributed by atoms with van der Waals surface area (Å²) in [6, 6.07) is 9.54. The van der Waals surface area contributed by atoms with E-state index in [9.17, 15) is 9.59 Å². The normalized spacial score (nSPS) is 13.0. The largest absolute Gasteiger partial charge is 0.493 e. The minimum absolute atomic E-state index is 0.129. The van der Waals surface area contributed by atoms with E-state index < -0.39 is 0 Å². The van der Waals surface area contributed by atoms with Crippen LogP contribution >= 0.6 is 0 Å². The molecule has 2 aromatic carbocycles. The van der Waals surface area contributed by atoms with Crippen LogP contribution < -0.4 is 14.2 Å². The van der Waals surface area contributed by atoms with Crippen LogP contribution in [0.25, 0.3) is 11.1 Å². The Morgan fingerprint density at radius 3 is 2.35 bits per heavy atom. The second-order valence-electron chi connectivity index (χ2n) is 8.78. The third-order valence-electron chi connectivity index (χ3n) is 5.11. The summed E-state index contributed by atoms with van der Waals surface area (Å²) < 4.78 is 22.3. The molecule has 0 saturated carbocycles. The molecular weight excluding hydrogens is 396 g/mol. The Balaban J connectivity index is 1.83.